The van der Waals surface area contributed by atoms with E-state index in [1.807, 2.05) is 0 Å². The first-order valence-corrected chi connectivity index (χ1v) is 4.74. The van der Waals surface area contributed by atoms with Crippen molar-refractivity contribution in [2.24, 2.45) is 0 Å². The van der Waals surface area contributed by atoms with Gasteiger partial charge in [0, 0.05) is 7.05 Å². The highest BCUT2D eigenvalue weighted by Gasteiger charge is 2.32. The first-order chi connectivity index (χ1) is 4.92. The Morgan fingerprint density at radius 2 is 1.55 bits per heavy atom. The molecule has 0 aromatic carbocycles. The van der Waals surface area contributed by atoms with E-state index in [4.69, 9.17) is 0 Å². The Labute approximate surface area is 63.9 Å². The molecule has 2 amide bonds. The lowest BCUT2D eigenvalue weighted by Crippen LogP contribution is -2.46. The largest absolute Gasteiger partial charge is 0.284 e. The smallest absolute Gasteiger partial charge is 0.244 e. The fourth-order valence-electron chi connectivity index (χ4n) is 0.760. The molecule has 5 nitrogen and oxygen atoms in total. The van der Waals surface area contributed by atoms with Gasteiger partial charge in [-0.3, -0.25) is 14.5 Å². The Morgan fingerprint density at radius 3 is 1.91 bits per heavy atom. The van der Waals surface area contributed by atoms with Crippen LogP contribution in [0.4, 0.5) is 0 Å². The standard InChI is InChI=1S/C5H7NO4S/c1-6-4(7)2-11(9,10)3-5(6)8/h2-3H2,1H3. The van der Waals surface area contributed by atoms with Gasteiger partial charge < -0.3 is 0 Å². The van der Waals surface area contributed by atoms with Crippen molar-refractivity contribution in [3.05, 3.63) is 0 Å². The summed E-state index contributed by atoms with van der Waals surface area (Å²) in [5, 5.41) is 0. The third-order valence-electron chi connectivity index (χ3n) is 1.43. The fourth-order valence-corrected chi connectivity index (χ4v) is 2.00. The van der Waals surface area contributed by atoms with Gasteiger partial charge in [0.15, 0.2) is 9.84 Å². The molecule has 62 valence electrons. The first kappa shape index (κ1) is 8.19. The predicted octanol–water partition coefficient (Wildman–Crippen LogP) is -1.60. The third kappa shape index (κ3) is 1.56. The van der Waals surface area contributed by atoms with Crippen molar-refractivity contribution in [2.45, 2.75) is 0 Å². The number of rotatable bonds is 0. The molecule has 1 saturated heterocycles. The Bertz CT molecular complexity index is 280. The van der Waals surface area contributed by atoms with Gasteiger partial charge in [-0.1, -0.05) is 0 Å². The Kier molecular flexibility index (Phi) is 1.71. The van der Waals surface area contributed by atoms with Crippen molar-refractivity contribution in [3.8, 4) is 0 Å². The van der Waals surface area contributed by atoms with Gasteiger partial charge in [-0.25, -0.2) is 8.42 Å². The molecule has 0 bridgehead atoms. The van der Waals surface area contributed by atoms with E-state index in [1.54, 1.807) is 0 Å². The highest BCUT2D eigenvalue weighted by atomic mass is 32.2. The Hall–Kier alpha value is -0.910. The summed E-state index contributed by atoms with van der Waals surface area (Å²) < 4.78 is 21.5. The summed E-state index contributed by atoms with van der Waals surface area (Å²) >= 11 is 0. The molecule has 11 heavy (non-hydrogen) atoms. The molecule has 1 rings (SSSR count). The van der Waals surface area contributed by atoms with Crippen molar-refractivity contribution in [1.29, 1.82) is 0 Å². The van der Waals surface area contributed by atoms with Crippen LogP contribution in [-0.2, 0) is 19.4 Å². The van der Waals surface area contributed by atoms with Crippen LogP contribution in [0.2, 0.25) is 0 Å². The first-order valence-electron chi connectivity index (χ1n) is 2.92. The average molecular weight is 177 g/mol. The van der Waals surface area contributed by atoms with E-state index in [1.165, 1.54) is 7.05 Å². The third-order valence-corrected chi connectivity index (χ3v) is 2.81. The number of nitrogens with zero attached hydrogens (tertiary/aromatic N) is 1. The van der Waals surface area contributed by atoms with E-state index in [0.29, 0.717) is 0 Å². The number of carbonyl (C=O) groups is 2. The molecule has 0 aliphatic carbocycles. The summed E-state index contributed by atoms with van der Waals surface area (Å²) in [4.78, 5) is 22.3. The highest BCUT2D eigenvalue weighted by molar-refractivity contribution is 7.92. The van der Waals surface area contributed by atoms with Crippen LogP contribution < -0.4 is 0 Å². The molecule has 0 atom stereocenters. The molecular formula is C5H7NO4S. The second-order valence-electron chi connectivity index (χ2n) is 2.38. The maximum absolute atomic E-state index is 10.7. The monoisotopic (exact) mass is 177 g/mol. The predicted molar refractivity (Wildman–Crippen MR) is 36.4 cm³/mol. The summed E-state index contributed by atoms with van der Waals surface area (Å²) in [7, 11) is -2.18. The molecule has 0 saturated carbocycles. The number of carbonyl (C=O) groups excluding carboxylic acids is 2. The van der Waals surface area contributed by atoms with Gasteiger partial charge in [0.25, 0.3) is 0 Å². The van der Waals surface area contributed by atoms with Crippen LogP contribution in [0.1, 0.15) is 0 Å². The number of hydrogen-bond donors (Lipinski definition) is 0. The summed E-state index contributed by atoms with van der Waals surface area (Å²) in [6.07, 6.45) is 0. The second-order valence-corrected chi connectivity index (χ2v) is 4.44. The van der Waals surface area contributed by atoms with E-state index in [9.17, 15) is 18.0 Å². The van der Waals surface area contributed by atoms with Crippen molar-refractivity contribution in [3.63, 3.8) is 0 Å². The van der Waals surface area contributed by atoms with E-state index < -0.39 is 33.2 Å². The lowest BCUT2D eigenvalue weighted by Gasteiger charge is -2.19. The number of sulfone groups is 1. The molecular weight excluding hydrogens is 170 g/mol. The molecule has 0 N–H and O–H groups in total. The van der Waals surface area contributed by atoms with Crippen molar-refractivity contribution in [1.82, 2.24) is 4.90 Å². The maximum atomic E-state index is 10.7. The van der Waals surface area contributed by atoms with E-state index in [2.05, 4.69) is 0 Å². The van der Waals surface area contributed by atoms with Crippen molar-refractivity contribution in [2.75, 3.05) is 18.6 Å². The molecule has 1 fully saturated rings. The average Bonchev–Trinajstić information content (AvgIpc) is 1.81. The molecule has 1 aliphatic rings. The van der Waals surface area contributed by atoms with Crippen LogP contribution in [0.25, 0.3) is 0 Å². The van der Waals surface area contributed by atoms with Crippen LogP contribution in [-0.4, -0.2) is 43.7 Å². The number of amides is 2. The minimum atomic E-state index is -3.45. The van der Waals surface area contributed by atoms with Gasteiger partial charge in [-0.05, 0) is 0 Å². The van der Waals surface area contributed by atoms with Crippen LogP contribution in [0.5, 0.6) is 0 Å². The molecule has 0 aromatic heterocycles. The Morgan fingerprint density at radius 1 is 1.18 bits per heavy atom. The van der Waals surface area contributed by atoms with Gasteiger partial charge in [-0.2, -0.15) is 0 Å². The summed E-state index contributed by atoms with van der Waals surface area (Å²) in [6.45, 7) is 0. The lowest BCUT2D eigenvalue weighted by molar-refractivity contribution is -0.140. The quantitative estimate of drug-likeness (QED) is 0.418. The van der Waals surface area contributed by atoms with E-state index in [-0.39, 0.29) is 0 Å². The Balaban J connectivity index is 2.96. The maximum Gasteiger partial charge on any atom is 0.244 e. The summed E-state index contributed by atoms with van der Waals surface area (Å²) in [5.41, 5.74) is 0. The zero-order chi connectivity index (χ0) is 8.65. The molecule has 0 unspecified atom stereocenters. The van der Waals surface area contributed by atoms with Gasteiger partial charge >= 0.3 is 0 Å². The summed E-state index contributed by atoms with van der Waals surface area (Å²) in [5.74, 6) is -2.40. The van der Waals surface area contributed by atoms with Crippen molar-refractivity contribution >= 4 is 21.7 Å². The molecule has 0 aromatic rings. The van der Waals surface area contributed by atoms with E-state index in [0.717, 1.165) is 4.90 Å². The molecule has 1 aliphatic heterocycles. The zero-order valence-corrected chi connectivity index (χ0v) is 6.72. The number of hydrogen-bond acceptors (Lipinski definition) is 4. The van der Waals surface area contributed by atoms with Crippen LogP contribution in [0.3, 0.4) is 0 Å². The van der Waals surface area contributed by atoms with Crippen LogP contribution in [0.15, 0.2) is 0 Å². The van der Waals surface area contributed by atoms with Crippen molar-refractivity contribution < 1.29 is 18.0 Å². The van der Waals surface area contributed by atoms with Gasteiger partial charge in [0.1, 0.15) is 11.5 Å². The lowest BCUT2D eigenvalue weighted by atomic mass is 10.5. The van der Waals surface area contributed by atoms with E-state index >= 15 is 0 Å². The fraction of sp³-hybridized carbons (Fsp3) is 0.600. The number of imide groups is 1. The zero-order valence-electron chi connectivity index (χ0n) is 5.90. The normalized spacial score (nSPS) is 23.9. The van der Waals surface area contributed by atoms with Gasteiger partial charge in [0.2, 0.25) is 11.8 Å². The molecule has 1 heterocycles. The molecule has 0 radical (unpaired) electrons. The minimum Gasteiger partial charge on any atom is -0.284 e. The second kappa shape index (κ2) is 2.30. The van der Waals surface area contributed by atoms with Gasteiger partial charge in [-0.15, -0.1) is 0 Å². The van der Waals surface area contributed by atoms with Crippen LogP contribution in [0, 0.1) is 0 Å². The highest BCUT2D eigenvalue weighted by Crippen LogP contribution is 2.03. The topological polar surface area (TPSA) is 71.5 Å². The summed E-state index contributed by atoms with van der Waals surface area (Å²) in [6, 6.07) is 0. The SMILES string of the molecule is CN1C(=O)CS(=O)(=O)CC1=O. The van der Waals surface area contributed by atoms with Gasteiger partial charge in [0.05, 0.1) is 0 Å². The van der Waals surface area contributed by atoms with Crippen LogP contribution >= 0.6 is 0 Å². The molecule has 6 heteroatoms. The molecule has 0 spiro atoms. The minimum absolute atomic E-state index is 0.546.